The van der Waals surface area contributed by atoms with E-state index in [-0.39, 0.29) is 0 Å². The molecule has 0 spiro atoms. The van der Waals surface area contributed by atoms with Gasteiger partial charge in [-0.05, 0) is 114 Å². The summed E-state index contributed by atoms with van der Waals surface area (Å²) in [5.74, 6) is 0. The van der Waals surface area contributed by atoms with Gasteiger partial charge < -0.3 is 4.90 Å². The summed E-state index contributed by atoms with van der Waals surface area (Å²) < 4.78 is 0. The number of hydrogen-bond donors (Lipinski definition) is 0. The minimum absolute atomic E-state index is 0.505. The van der Waals surface area contributed by atoms with E-state index >= 15 is 0 Å². The van der Waals surface area contributed by atoms with Crippen LogP contribution in [0.1, 0.15) is 44.5 Å². The van der Waals surface area contributed by atoms with E-state index in [2.05, 4.69) is 290 Å². The normalized spacial score (nSPS) is 13.4. The van der Waals surface area contributed by atoms with E-state index in [1.54, 1.807) is 0 Å². The molecule has 69 heavy (non-hydrogen) atoms. The van der Waals surface area contributed by atoms with Crippen molar-refractivity contribution in [3.63, 3.8) is 0 Å². The number of para-hydroxylation sites is 1. The Bertz CT molecular complexity index is 3570. The molecule has 2 aliphatic carbocycles. The first kappa shape index (κ1) is 40.5. The van der Waals surface area contributed by atoms with Crippen LogP contribution in [-0.4, -0.2) is 0 Å². The first-order valence-electron chi connectivity index (χ1n) is 24.0. The molecule has 1 heteroatoms. The van der Waals surface area contributed by atoms with Gasteiger partial charge in [0, 0.05) is 16.9 Å². The molecule has 0 amide bonds. The van der Waals surface area contributed by atoms with Crippen LogP contribution >= 0.6 is 0 Å². The minimum Gasteiger partial charge on any atom is -0.310 e. The molecule has 0 fully saturated rings. The second-order valence-electron chi connectivity index (χ2n) is 18.3. The zero-order valence-electron chi connectivity index (χ0n) is 38.1. The molecule has 0 N–H and O–H groups in total. The van der Waals surface area contributed by atoms with Crippen molar-refractivity contribution in [3.8, 4) is 44.5 Å². The number of fused-ring (bicyclic) bond motifs is 6. The second-order valence-corrected chi connectivity index (χ2v) is 18.3. The summed E-state index contributed by atoms with van der Waals surface area (Å²) in [5.41, 5.74) is 22.2. The molecule has 0 bridgehead atoms. The van der Waals surface area contributed by atoms with Gasteiger partial charge in [-0.2, -0.15) is 0 Å². The molecule has 324 valence electrons. The van der Waals surface area contributed by atoms with Crippen molar-refractivity contribution in [1.29, 1.82) is 0 Å². The van der Waals surface area contributed by atoms with Gasteiger partial charge in [-0.15, -0.1) is 0 Å². The highest BCUT2D eigenvalue weighted by molar-refractivity contribution is 5.96. The Hall–Kier alpha value is -8.78. The average Bonchev–Trinajstić information content (AvgIpc) is 3.91. The van der Waals surface area contributed by atoms with Gasteiger partial charge >= 0.3 is 0 Å². The lowest BCUT2D eigenvalue weighted by Crippen LogP contribution is -2.29. The molecule has 0 saturated heterocycles. The van der Waals surface area contributed by atoms with Crippen molar-refractivity contribution in [2.24, 2.45) is 0 Å². The van der Waals surface area contributed by atoms with Crippen molar-refractivity contribution in [1.82, 2.24) is 0 Å². The van der Waals surface area contributed by atoms with Gasteiger partial charge in [0.05, 0.1) is 16.5 Å². The van der Waals surface area contributed by atoms with E-state index < -0.39 is 10.8 Å². The van der Waals surface area contributed by atoms with E-state index in [1.165, 1.54) is 83.5 Å². The van der Waals surface area contributed by atoms with Gasteiger partial charge in [-0.3, -0.25) is 0 Å². The largest absolute Gasteiger partial charge is 0.310 e. The van der Waals surface area contributed by atoms with Gasteiger partial charge in [0.2, 0.25) is 0 Å². The molecule has 0 aliphatic heterocycles. The molecule has 11 aromatic rings. The fourth-order valence-electron chi connectivity index (χ4n) is 12.1. The molecule has 0 atom stereocenters. The predicted octanol–water partition coefficient (Wildman–Crippen LogP) is 17.2. The summed E-state index contributed by atoms with van der Waals surface area (Å²) in [5, 5.41) is 0. The van der Waals surface area contributed by atoms with E-state index in [0.717, 1.165) is 22.6 Å². The molecular formula is C68H47N. The lowest BCUT2D eigenvalue weighted by atomic mass is 9.67. The van der Waals surface area contributed by atoms with Crippen molar-refractivity contribution in [2.75, 3.05) is 4.90 Å². The number of benzene rings is 11. The van der Waals surface area contributed by atoms with Crippen molar-refractivity contribution in [3.05, 3.63) is 330 Å². The van der Waals surface area contributed by atoms with E-state index in [0.29, 0.717) is 0 Å². The van der Waals surface area contributed by atoms with Crippen LogP contribution in [0.5, 0.6) is 0 Å². The van der Waals surface area contributed by atoms with Crippen molar-refractivity contribution >= 4 is 17.1 Å². The molecule has 0 radical (unpaired) electrons. The van der Waals surface area contributed by atoms with Crippen molar-refractivity contribution in [2.45, 2.75) is 10.8 Å². The van der Waals surface area contributed by atoms with Gasteiger partial charge in [0.25, 0.3) is 0 Å². The first-order valence-corrected chi connectivity index (χ1v) is 24.0. The van der Waals surface area contributed by atoms with E-state index in [4.69, 9.17) is 0 Å². The standard InChI is InChI=1S/C68H47N/c1-5-23-48(24-6-1)55-31-13-14-32-56(55)61-36-18-22-40-66(61)69(53-43-41-52(42-44-53)67(49-25-7-2-8-26-49)62-37-19-15-33-57(62)58-34-16-20-38-63(58)67)54-45-46-60-59-35-17-21-39-64(59)68(65(60)47-54,50-27-9-3-10-28-50)51-29-11-4-12-30-51/h1-47H. The highest BCUT2D eigenvalue weighted by Gasteiger charge is 2.47. The fourth-order valence-corrected chi connectivity index (χ4v) is 12.1. The summed E-state index contributed by atoms with van der Waals surface area (Å²) in [4.78, 5) is 2.50. The maximum absolute atomic E-state index is 2.50. The maximum Gasteiger partial charge on any atom is 0.0714 e. The van der Waals surface area contributed by atoms with Gasteiger partial charge in [0.1, 0.15) is 0 Å². The Labute approximate surface area is 404 Å². The first-order chi connectivity index (χ1) is 34.3. The second kappa shape index (κ2) is 16.5. The lowest BCUT2D eigenvalue weighted by Gasteiger charge is -2.36. The Morgan fingerprint density at radius 2 is 0.565 bits per heavy atom. The Morgan fingerprint density at radius 1 is 0.217 bits per heavy atom. The van der Waals surface area contributed by atoms with Gasteiger partial charge in [-0.1, -0.05) is 255 Å². The van der Waals surface area contributed by atoms with Gasteiger partial charge in [-0.25, -0.2) is 0 Å². The molecular weight excluding hydrogens is 831 g/mol. The summed E-state index contributed by atoms with van der Waals surface area (Å²) in [7, 11) is 0. The van der Waals surface area contributed by atoms with Crippen LogP contribution in [0, 0.1) is 0 Å². The van der Waals surface area contributed by atoms with Crippen LogP contribution in [0.4, 0.5) is 17.1 Å². The van der Waals surface area contributed by atoms with Crippen LogP contribution in [0.25, 0.3) is 44.5 Å². The highest BCUT2D eigenvalue weighted by Crippen LogP contribution is 2.59. The third-order valence-electron chi connectivity index (χ3n) is 14.9. The summed E-state index contributed by atoms with van der Waals surface area (Å²) in [6.45, 7) is 0. The smallest absolute Gasteiger partial charge is 0.0714 e. The third-order valence-corrected chi connectivity index (χ3v) is 14.9. The van der Waals surface area contributed by atoms with Crippen molar-refractivity contribution < 1.29 is 0 Å². The summed E-state index contributed by atoms with van der Waals surface area (Å²) >= 11 is 0. The van der Waals surface area contributed by atoms with E-state index in [1.807, 2.05) is 0 Å². The Kier molecular flexibility index (Phi) is 9.70. The molecule has 13 rings (SSSR count). The molecule has 11 aromatic carbocycles. The van der Waals surface area contributed by atoms with Crippen LogP contribution < -0.4 is 4.90 Å². The zero-order chi connectivity index (χ0) is 45.8. The minimum atomic E-state index is -0.551. The average molecular weight is 878 g/mol. The Morgan fingerprint density at radius 3 is 1.07 bits per heavy atom. The molecule has 0 unspecified atom stereocenters. The SMILES string of the molecule is c1ccc(-c2ccccc2-c2ccccc2N(c2ccc(C3(c4ccccc4)c4ccccc4-c4ccccc43)cc2)c2ccc3c(c2)C(c2ccccc2)(c2ccccc2)c2ccccc2-3)cc1. The van der Waals surface area contributed by atoms with E-state index in [9.17, 15) is 0 Å². The zero-order valence-corrected chi connectivity index (χ0v) is 38.1. The summed E-state index contributed by atoms with van der Waals surface area (Å²) in [6.07, 6.45) is 0. The van der Waals surface area contributed by atoms with Crippen LogP contribution in [0.2, 0.25) is 0 Å². The molecule has 0 aromatic heterocycles. The molecule has 0 heterocycles. The topological polar surface area (TPSA) is 3.24 Å². The molecule has 1 nitrogen and oxygen atoms in total. The maximum atomic E-state index is 2.50. The molecule has 0 saturated carbocycles. The third kappa shape index (κ3) is 6.17. The number of nitrogens with zero attached hydrogens (tertiary/aromatic N) is 1. The molecule has 2 aliphatic rings. The number of hydrogen-bond acceptors (Lipinski definition) is 1. The predicted molar refractivity (Wildman–Crippen MR) is 287 cm³/mol. The quantitative estimate of drug-likeness (QED) is 0.140. The van der Waals surface area contributed by atoms with Crippen LogP contribution in [0.3, 0.4) is 0 Å². The highest BCUT2D eigenvalue weighted by atomic mass is 15.1. The Balaban J connectivity index is 1.07. The number of rotatable bonds is 9. The monoisotopic (exact) mass is 877 g/mol. The fraction of sp³-hybridized carbons (Fsp3) is 0.0294. The van der Waals surface area contributed by atoms with Gasteiger partial charge in [0.15, 0.2) is 0 Å². The van der Waals surface area contributed by atoms with Crippen LogP contribution in [0.15, 0.2) is 285 Å². The summed E-state index contributed by atoms with van der Waals surface area (Å²) in [6, 6.07) is 105. The number of anilines is 3. The van der Waals surface area contributed by atoms with Crippen LogP contribution in [-0.2, 0) is 10.8 Å². The lowest BCUT2D eigenvalue weighted by molar-refractivity contribution is 0.768.